The Morgan fingerprint density at radius 1 is 0.900 bits per heavy atom. The van der Waals surface area contributed by atoms with Crippen molar-refractivity contribution in [2.75, 3.05) is 12.3 Å². The van der Waals surface area contributed by atoms with Crippen LogP contribution in [0.4, 0.5) is 0 Å². The van der Waals surface area contributed by atoms with E-state index in [1.165, 1.54) is 0 Å². The quantitative estimate of drug-likeness (QED) is 0.550. The Morgan fingerprint density at radius 2 is 1.20 bits per heavy atom. The Morgan fingerprint density at radius 3 is 1.40 bits per heavy atom. The van der Waals surface area contributed by atoms with Crippen LogP contribution in [0.2, 0.25) is 0 Å². The summed E-state index contributed by atoms with van der Waals surface area (Å²) < 4.78 is 0. The van der Waals surface area contributed by atoms with Crippen molar-refractivity contribution in [1.29, 1.82) is 0 Å². The molecule has 0 unspecified atom stereocenters. The summed E-state index contributed by atoms with van der Waals surface area (Å²) in [6, 6.07) is 0. The average Bonchev–Trinajstić information content (AvgIpc) is 1.61. The molecule has 0 aromatic heterocycles. The first kappa shape index (κ1) is 10.3. The Bertz CT molecular complexity index is 95.3. The van der Waals surface area contributed by atoms with Gasteiger partial charge in [0, 0.05) is 0 Å². The monoisotopic (exact) mass is 168 g/mol. The van der Waals surface area contributed by atoms with Gasteiger partial charge in [-0.2, -0.15) is 0 Å². The summed E-state index contributed by atoms with van der Waals surface area (Å²) in [5, 5.41) is 0. The summed E-state index contributed by atoms with van der Waals surface area (Å²) >= 11 is 0. The molecule has 0 radical (unpaired) electrons. The van der Waals surface area contributed by atoms with Crippen LogP contribution in [-0.2, 0) is 0 Å². The molecule has 0 rings (SSSR count). The molecule has 0 heterocycles. The van der Waals surface area contributed by atoms with Crippen molar-refractivity contribution in [3.8, 4) is 0 Å². The van der Waals surface area contributed by atoms with Gasteiger partial charge in [0.25, 0.3) is 0 Å². The van der Waals surface area contributed by atoms with E-state index in [1.54, 1.807) is 0 Å². The van der Waals surface area contributed by atoms with Crippen LogP contribution in [0.5, 0.6) is 0 Å². The second-order valence-electron chi connectivity index (χ2n) is 2.79. The first-order chi connectivity index (χ1) is 4.39. The molecule has 0 saturated heterocycles. The van der Waals surface area contributed by atoms with Crippen LogP contribution in [-0.4, -0.2) is 27.0 Å². The molecule has 0 fully saturated rings. The second kappa shape index (κ2) is 3.14. The molecular weight excluding hydrogens is 151 g/mol. The zero-order valence-electron chi connectivity index (χ0n) is 6.62. The van der Waals surface area contributed by atoms with E-state index in [0.717, 1.165) is 0 Å². The summed E-state index contributed by atoms with van der Waals surface area (Å²) in [5.74, 6) is 0. The van der Waals surface area contributed by atoms with E-state index in [1.807, 2.05) is 13.8 Å². The zero-order valence-corrected chi connectivity index (χ0v) is 7.51. The molecule has 3 nitrogen and oxygen atoms in total. The van der Waals surface area contributed by atoms with E-state index in [4.69, 9.17) is 0 Å². The van der Waals surface area contributed by atoms with Crippen LogP contribution >= 0.6 is 7.28 Å². The van der Waals surface area contributed by atoms with Crippen LogP contribution < -0.4 is 0 Å². The van der Waals surface area contributed by atoms with Crippen LogP contribution in [0.3, 0.4) is 0 Å². The average molecular weight is 168 g/mol. The van der Waals surface area contributed by atoms with Gasteiger partial charge in [-0.1, -0.05) is 0 Å². The Balaban J connectivity index is 3.97. The van der Waals surface area contributed by atoms with Gasteiger partial charge in [0.15, 0.2) is 0 Å². The standard InChI is InChI=1S/C6H17O3P/c1-3-5-10(7,8,9)6-4-2/h7-9H,3-6H2,1-2H3. The van der Waals surface area contributed by atoms with E-state index < -0.39 is 7.28 Å². The summed E-state index contributed by atoms with van der Waals surface area (Å²) in [7, 11) is -4.16. The van der Waals surface area contributed by atoms with Crippen LogP contribution in [0.1, 0.15) is 26.7 Å². The van der Waals surface area contributed by atoms with E-state index in [0.29, 0.717) is 12.8 Å². The molecule has 0 atom stereocenters. The third kappa shape index (κ3) is 4.18. The van der Waals surface area contributed by atoms with E-state index in [-0.39, 0.29) is 12.3 Å². The fraction of sp³-hybridized carbons (Fsp3) is 1.00. The van der Waals surface area contributed by atoms with Gasteiger partial charge in [-0.15, -0.1) is 0 Å². The molecule has 64 valence electrons. The van der Waals surface area contributed by atoms with Gasteiger partial charge in [-0.3, -0.25) is 0 Å². The van der Waals surface area contributed by atoms with Crippen molar-refractivity contribution in [1.82, 2.24) is 0 Å². The molecule has 0 amide bonds. The molecule has 0 spiro atoms. The van der Waals surface area contributed by atoms with Gasteiger partial charge >= 0.3 is 61.0 Å². The van der Waals surface area contributed by atoms with Crippen LogP contribution in [0, 0.1) is 0 Å². The van der Waals surface area contributed by atoms with Crippen molar-refractivity contribution in [3.05, 3.63) is 0 Å². The molecule has 3 N–H and O–H groups in total. The van der Waals surface area contributed by atoms with Crippen molar-refractivity contribution in [2.24, 2.45) is 0 Å². The minimum atomic E-state index is -4.16. The van der Waals surface area contributed by atoms with Crippen molar-refractivity contribution >= 4 is 7.28 Å². The van der Waals surface area contributed by atoms with Crippen LogP contribution in [0.15, 0.2) is 0 Å². The van der Waals surface area contributed by atoms with Gasteiger partial charge in [0.05, 0.1) is 0 Å². The molecule has 0 bridgehead atoms. The molecule has 0 saturated carbocycles. The predicted molar refractivity (Wildman–Crippen MR) is 43.9 cm³/mol. The number of hydrogen-bond acceptors (Lipinski definition) is 3. The SMILES string of the molecule is CCCP(O)(O)(O)CCC. The Kier molecular flexibility index (Phi) is 3.24. The van der Waals surface area contributed by atoms with Gasteiger partial charge in [0.1, 0.15) is 0 Å². The normalized spacial score (nSPS) is 16.3. The molecule has 0 aliphatic heterocycles. The topological polar surface area (TPSA) is 60.7 Å². The first-order valence-corrected chi connectivity index (χ1v) is 6.11. The maximum absolute atomic E-state index is 9.22. The van der Waals surface area contributed by atoms with Crippen LogP contribution in [0.25, 0.3) is 0 Å². The third-order valence-corrected chi connectivity index (χ3v) is 4.09. The molecule has 4 heteroatoms. The fourth-order valence-electron chi connectivity index (χ4n) is 1.03. The van der Waals surface area contributed by atoms with E-state index >= 15 is 0 Å². The summed E-state index contributed by atoms with van der Waals surface area (Å²) in [6.07, 6.45) is 1.50. The summed E-state index contributed by atoms with van der Waals surface area (Å²) in [6.45, 7) is 3.64. The molecule has 0 aromatic carbocycles. The minimum absolute atomic E-state index is 0.138. The molecular formula is C6H17O3P. The number of rotatable bonds is 4. The van der Waals surface area contributed by atoms with Gasteiger partial charge in [-0.05, 0) is 0 Å². The first-order valence-electron chi connectivity index (χ1n) is 3.65. The van der Waals surface area contributed by atoms with Crippen molar-refractivity contribution in [2.45, 2.75) is 26.7 Å². The maximum atomic E-state index is 9.22. The zero-order chi connectivity index (χ0) is 8.28. The van der Waals surface area contributed by atoms with E-state index in [9.17, 15) is 14.7 Å². The fourth-order valence-corrected chi connectivity index (χ4v) is 3.08. The third-order valence-electron chi connectivity index (χ3n) is 1.36. The molecule has 10 heavy (non-hydrogen) atoms. The molecule has 0 aromatic rings. The van der Waals surface area contributed by atoms with Crippen molar-refractivity contribution in [3.63, 3.8) is 0 Å². The second-order valence-corrected chi connectivity index (χ2v) is 6.36. The van der Waals surface area contributed by atoms with E-state index in [2.05, 4.69) is 0 Å². The van der Waals surface area contributed by atoms with Gasteiger partial charge < -0.3 is 0 Å². The van der Waals surface area contributed by atoms with Gasteiger partial charge in [-0.25, -0.2) is 0 Å². The predicted octanol–water partition coefficient (Wildman–Crippen LogP) is 1.08. The number of hydrogen-bond donors (Lipinski definition) is 3. The Hall–Kier alpha value is 0.310. The molecule has 0 aliphatic rings. The van der Waals surface area contributed by atoms with Crippen molar-refractivity contribution < 1.29 is 14.7 Å². The summed E-state index contributed by atoms with van der Waals surface area (Å²) in [4.78, 5) is 27.7. The molecule has 0 aliphatic carbocycles. The summed E-state index contributed by atoms with van der Waals surface area (Å²) in [5.41, 5.74) is 0. The Labute approximate surface area is 61.9 Å². The van der Waals surface area contributed by atoms with Gasteiger partial charge in [0.2, 0.25) is 0 Å².